The number of carbonyl (C=O) groups excluding carboxylic acids is 2. The molecule has 2 atom stereocenters. The molecule has 27 heavy (non-hydrogen) atoms. The third-order valence-corrected chi connectivity index (χ3v) is 5.68. The third-order valence-electron chi connectivity index (χ3n) is 3.69. The number of nitrogen functional groups attached to an aromatic ring is 1. The SMILES string of the molecule is CCOC(=O)[C@H]1/C(=C\Sc2nnc(N)s2)NC(=O)N[C@H]1c1ccc(Cl)cc1. The molecule has 8 nitrogen and oxygen atoms in total. The van der Waals surface area contributed by atoms with Gasteiger partial charge in [0.15, 0.2) is 4.34 Å². The molecule has 0 bridgehead atoms. The Hall–Kier alpha value is -2.30. The largest absolute Gasteiger partial charge is 0.465 e. The summed E-state index contributed by atoms with van der Waals surface area (Å²) in [5, 5.41) is 15.7. The Balaban J connectivity index is 1.94. The van der Waals surface area contributed by atoms with Gasteiger partial charge in [-0.3, -0.25) is 4.79 Å². The molecule has 1 fully saturated rings. The Bertz CT molecular complexity index is 871. The number of carbonyl (C=O) groups is 2. The quantitative estimate of drug-likeness (QED) is 0.497. The van der Waals surface area contributed by atoms with E-state index in [0.29, 0.717) is 20.2 Å². The minimum atomic E-state index is -0.749. The van der Waals surface area contributed by atoms with Gasteiger partial charge < -0.3 is 21.1 Å². The van der Waals surface area contributed by atoms with Gasteiger partial charge in [0.1, 0.15) is 5.92 Å². The van der Waals surface area contributed by atoms with Crippen LogP contribution in [0.4, 0.5) is 9.93 Å². The Labute approximate surface area is 168 Å². The van der Waals surface area contributed by atoms with Gasteiger partial charge in [0.2, 0.25) is 5.13 Å². The smallest absolute Gasteiger partial charge is 0.319 e. The predicted octanol–water partition coefficient (Wildman–Crippen LogP) is 2.94. The minimum Gasteiger partial charge on any atom is -0.465 e. The van der Waals surface area contributed by atoms with E-state index in [4.69, 9.17) is 22.1 Å². The maximum Gasteiger partial charge on any atom is 0.319 e. The maximum atomic E-state index is 12.6. The molecule has 0 radical (unpaired) electrons. The molecule has 0 aliphatic carbocycles. The molecule has 11 heteroatoms. The first-order chi connectivity index (χ1) is 13.0. The highest BCUT2D eigenvalue weighted by molar-refractivity contribution is 8.03. The van der Waals surface area contributed by atoms with Crippen molar-refractivity contribution in [2.24, 2.45) is 5.92 Å². The molecule has 0 unspecified atom stereocenters. The standard InChI is InChI=1S/C16H16ClN5O3S2/c1-2-25-13(23)11-10(7-26-16-22-21-14(18)27-16)19-15(24)20-12(11)8-3-5-9(17)6-4-8/h3-7,11-12H,2H2,1H3,(H2,18,21)(H2,19,20,24)/b10-7+/t11-,12-/m0/s1. The van der Waals surface area contributed by atoms with Crippen molar-refractivity contribution in [3.63, 3.8) is 0 Å². The number of nitrogens with zero attached hydrogens (tertiary/aromatic N) is 2. The van der Waals surface area contributed by atoms with Gasteiger partial charge in [-0.05, 0) is 30.0 Å². The predicted molar refractivity (Wildman–Crippen MR) is 104 cm³/mol. The monoisotopic (exact) mass is 425 g/mol. The first kappa shape index (κ1) is 19.5. The molecule has 2 aromatic rings. The van der Waals surface area contributed by atoms with Crippen LogP contribution in [0.5, 0.6) is 0 Å². The fourth-order valence-corrected chi connectivity index (χ4v) is 4.16. The van der Waals surface area contributed by atoms with Crippen LogP contribution in [0.25, 0.3) is 0 Å². The highest BCUT2D eigenvalue weighted by Gasteiger charge is 2.39. The highest BCUT2D eigenvalue weighted by Crippen LogP contribution is 2.34. The molecule has 4 N–H and O–H groups in total. The van der Waals surface area contributed by atoms with E-state index in [1.807, 2.05) is 0 Å². The number of nitrogens with two attached hydrogens (primary N) is 1. The Kier molecular flexibility index (Phi) is 6.19. The molecule has 1 aliphatic rings. The van der Waals surface area contributed by atoms with E-state index < -0.39 is 24.0 Å². The molecule has 1 aromatic heterocycles. The topological polar surface area (TPSA) is 119 Å². The number of aromatic nitrogens is 2. The van der Waals surface area contributed by atoms with Crippen molar-refractivity contribution in [3.05, 3.63) is 46.0 Å². The van der Waals surface area contributed by atoms with Gasteiger partial charge >= 0.3 is 12.0 Å². The summed E-state index contributed by atoms with van der Waals surface area (Å²) < 4.78 is 5.82. The number of rotatable bonds is 5. The summed E-state index contributed by atoms with van der Waals surface area (Å²) in [4.78, 5) is 24.8. The van der Waals surface area contributed by atoms with Crippen LogP contribution in [0.15, 0.2) is 39.7 Å². The van der Waals surface area contributed by atoms with Gasteiger partial charge in [-0.25, -0.2) is 4.79 Å². The summed E-state index contributed by atoms with van der Waals surface area (Å²) in [6, 6.07) is 5.92. The molecule has 2 heterocycles. The van der Waals surface area contributed by atoms with Crippen LogP contribution in [0.3, 0.4) is 0 Å². The second-order valence-corrected chi connectivity index (χ2v) is 8.02. The van der Waals surface area contributed by atoms with E-state index in [1.54, 1.807) is 36.6 Å². The Morgan fingerprint density at radius 1 is 1.41 bits per heavy atom. The van der Waals surface area contributed by atoms with Crippen LogP contribution < -0.4 is 16.4 Å². The lowest BCUT2D eigenvalue weighted by atomic mass is 9.89. The number of nitrogens with one attached hydrogen (secondary N) is 2. The second-order valence-electron chi connectivity index (χ2n) is 5.45. The summed E-state index contributed by atoms with van der Waals surface area (Å²) in [5.41, 5.74) is 6.73. The van der Waals surface area contributed by atoms with Crippen LogP contribution >= 0.6 is 34.7 Å². The number of thioether (sulfide) groups is 1. The van der Waals surface area contributed by atoms with Crippen LogP contribution in [0.2, 0.25) is 5.02 Å². The van der Waals surface area contributed by atoms with Crippen LogP contribution in [-0.2, 0) is 9.53 Å². The first-order valence-corrected chi connectivity index (χ1v) is 10.0. The van der Waals surface area contributed by atoms with Gasteiger partial charge in [-0.2, -0.15) is 0 Å². The number of anilines is 1. The van der Waals surface area contributed by atoms with Crippen molar-refractivity contribution < 1.29 is 14.3 Å². The molecule has 3 rings (SSSR count). The Morgan fingerprint density at radius 3 is 2.78 bits per heavy atom. The van der Waals surface area contributed by atoms with Gasteiger partial charge in [0, 0.05) is 10.7 Å². The summed E-state index contributed by atoms with van der Waals surface area (Å²) in [5.74, 6) is -1.20. The number of amides is 2. The van der Waals surface area contributed by atoms with Crippen molar-refractivity contribution in [2.45, 2.75) is 17.3 Å². The summed E-state index contributed by atoms with van der Waals surface area (Å²) in [7, 11) is 0. The van der Waals surface area contributed by atoms with Gasteiger partial charge in [-0.1, -0.05) is 46.8 Å². The van der Waals surface area contributed by atoms with Crippen molar-refractivity contribution >= 4 is 51.8 Å². The number of urea groups is 1. The van der Waals surface area contributed by atoms with Gasteiger partial charge in [0.25, 0.3) is 0 Å². The van der Waals surface area contributed by atoms with E-state index in [-0.39, 0.29) is 6.61 Å². The number of hydrogen-bond donors (Lipinski definition) is 3. The molecule has 0 spiro atoms. The molecule has 1 aromatic carbocycles. The molecule has 0 saturated carbocycles. The van der Waals surface area contributed by atoms with E-state index in [1.165, 1.54) is 23.1 Å². The fourth-order valence-electron chi connectivity index (χ4n) is 2.57. The minimum absolute atomic E-state index is 0.226. The lowest BCUT2D eigenvalue weighted by Gasteiger charge is -2.33. The average Bonchev–Trinajstić information content (AvgIpc) is 3.05. The van der Waals surface area contributed by atoms with Crippen molar-refractivity contribution in [1.29, 1.82) is 0 Å². The zero-order valence-electron chi connectivity index (χ0n) is 14.1. The van der Waals surface area contributed by atoms with Crippen molar-refractivity contribution in [3.8, 4) is 0 Å². The summed E-state index contributed by atoms with van der Waals surface area (Å²) >= 11 is 8.38. The summed E-state index contributed by atoms with van der Waals surface area (Å²) in [6.45, 7) is 1.95. The fraction of sp³-hybridized carbons (Fsp3) is 0.250. The number of ether oxygens (including phenoxy) is 1. The van der Waals surface area contributed by atoms with Crippen LogP contribution in [0, 0.1) is 5.92 Å². The zero-order valence-corrected chi connectivity index (χ0v) is 16.5. The number of benzene rings is 1. The number of esters is 1. The van der Waals surface area contributed by atoms with E-state index >= 15 is 0 Å². The van der Waals surface area contributed by atoms with E-state index in [0.717, 1.165) is 5.56 Å². The third kappa shape index (κ3) is 4.71. The second kappa shape index (κ2) is 8.59. The molecule has 1 aliphatic heterocycles. The molecular formula is C16H16ClN5O3S2. The molecule has 1 saturated heterocycles. The normalized spacial score (nSPS) is 20.8. The lowest BCUT2D eigenvalue weighted by Crippen LogP contribution is -2.51. The van der Waals surface area contributed by atoms with Crippen LogP contribution in [0.1, 0.15) is 18.5 Å². The zero-order chi connectivity index (χ0) is 19.4. The number of hydrogen-bond acceptors (Lipinski definition) is 8. The van der Waals surface area contributed by atoms with Crippen LogP contribution in [-0.4, -0.2) is 28.8 Å². The lowest BCUT2D eigenvalue weighted by molar-refractivity contribution is -0.147. The molecule has 142 valence electrons. The first-order valence-electron chi connectivity index (χ1n) is 7.93. The van der Waals surface area contributed by atoms with Gasteiger partial charge in [0.05, 0.1) is 12.6 Å². The van der Waals surface area contributed by atoms with E-state index in [9.17, 15) is 9.59 Å². The van der Waals surface area contributed by atoms with Gasteiger partial charge in [-0.15, -0.1) is 10.2 Å². The number of halogens is 1. The van der Waals surface area contributed by atoms with Crippen molar-refractivity contribution in [2.75, 3.05) is 12.3 Å². The average molecular weight is 426 g/mol. The van der Waals surface area contributed by atoms with Crippen molar-refractivity contribution in [1.82, 2.24) is 20.8 Å². The molecular weight excluding hydrogens is 410 g/mol. The Morgan fingerprint density at radius 2 is 2.15 bits per heavy atom. The molecule has 2 amide bonds. The highest BCUT2D eigenvalue weighted by atomic mass is 35.5. The van der Waals surface area contributed by atoms with E-state index in [2.05, 4.69) is 20.8 Å². The summed E-state index contributed by atoms with van der Waals surface area (Å²) in [6.07, 6.45) is 0. The maximum absolute atomic E-state index is 12.6.